The number of β-amino-alcohol motifs (C(OH)–C–C–N with tert-alkyl or cyclic N) is 1. The minimum absolute atomic E-state index is 0.107. The number of carbonyl (C=O) groups excluding carboxylic acids is 1. The molecule has 0 amide bonds. The molecule has 2 heterocycles. The normalized spacial score (nSPS) is 15.8. The molecule has 9 nitrogen and oxygen atoms in total. The molecule has 250 valence electrons. The first-order valence-electron chi connectivity index (χ1n) is 15.3. The highest BCUT2D eigenvalue weighted by molar-refractivity contribution is 6.03. The van der Waals surface area contributed by atoms with Gasteiger partial charge in [-0.1, -0.05) is 36.4 Å². The number of nitrogens with two attached hydrogens (primary N) is 1. The SMILES string of the molecule is COc1cc(CCC(=O)O)cc(OC)c1C(=O)C1CCN(CC(O)(c2cn(Cc3ccccc3)c3cc(N)ccc23)C(F)(F)F)CC1. The van der Waals surface area contributed by atoms with Crippen molar-refractivity contribution < 1.29 is 42.4 Å². The average molecular weight is 654 g/mol. The van der Waals surface area contributed by atoms with Crippen molar-refractivity contribution >= 4 is 28.3 Å². The molecule has 1 fully saturated rings. The Morgan fingerprint density at radius 1 is 0.957 bits per heavy atom. The lowest BCUT2D eigenvalue weighted by Gasteiger charge is -2.38. The molecule has 1 saturated heterocycles. The number of methoxy groups -OCH3 is 2. The van der Waals surface area contributed by atoms with Crippen LogP contribution in [0, 0.1) is 5.92 Å². The molecule has 1 aliphatic rings. The Morgan fingerprint density at radius 2 is 1.60 bits per heavy atom. The van der Waals surface area contributed by atoms with Crippen LogP contribution in [0.3, 0.4) is 0 Å². The number of aryl methyl sites for hydroxylation is 1. The van der Waals surface area contributed by atoms with Crippen LogP contribution in [-0.2, 0) is 23.4 Å². The van der Waals surface area contributed by atoms with Gasteiger partial charge in [-0.05, 0) is 67.7 Å². The summed E-state index contributed by atoms with van der Waals surface area (Å²) >= 11 is 0. The van der Waals surface area contributed by atoms with Crippen LogP contribution < -0.4 is 15.2 Å². The second kappa shape index (κ2) is 13.7. The molecule has 0 radical (unpaired) electrons. The first kappa shape index (κ1) is 33.8. The van der Waals surface area contributed by atoms with E-state index < -0.39 is 30.2 Å². The van der Waals surface area contributed by atoms with E-state index in [1.807, 2.05) is 30.3 Å². The third-order valence-corrected chi connectivity index (χ3v) is 8.87. The highest BCUT2D eigenvalue weighted by Crippen LogP contribution is 2.44. The predicted octanol–water partition coefficient (Wildman–Crippen LogP) is 5.65. The number of aromatic nitrogens is 1. The molecule has 1 atom stereocenters. The second-order valence-corrected chi connectivity index (χ2v) is 12.0. The van der Waals surface area contributed by atoms with Crippen LogP contribution in [0.25, 0.3) is 10.9 Å². The fourth-order valence-corrected chi connectivity index (χ4v) is 6.36. The zero-order chi connectivity index (χ0) is 33.9. The van der Waals surface area contributed by atoms with Gasteiger partial charge in [0, 0.05) is 48.3 Å². The molecule has 0 bridgehead atoms. The van der Waals surface area contributed by atoms with Gasteiger partial charge >= 0.3 is 12.1 Å². The van der Waals surface area contributed by atoms with Gasteiger partial charge in [0.2, 0.25) is 5.60 Å². The van der Waals surface area contributed by atoms with Gasteiger partial charge in [0.1, 0.15) is 17.1 Å². The quantitative estimate of drug-likeness (QED) is 0.132. The third kappa shape index (κ3) is 7.08. The number of hydrogen-bond donors (Lipinski definition) is 3. The number of ketones is 1. The Labute approximate surface area is 270 Å². The van der Waals surface area contributed by atoms with Crippen molar-refractivity contribution in [1.82, 2.24) is 9.47 Å². The van der Waals surface area contributed by atoms with E-state index in [9.17, 15) is 27.9 Å². The summed E-state index contributed by atoms with van der Waals surface area (Å²) in [5.74, 6) is -1.26. The highest BCUT2D eigenvalue weighted by atomic mass is 19.4. The van der Waals surface area contributed by atoms with Gasteiger partial charge in [-0.2, -0.15) is 13.2 Å². The predicted molar refractivity (Wildman–Crippen MR) is 171 cm³/mol. The van der Waals surface area contributed by atoms with E-state index in [0.29, 0.717) is 16.8 Å². The number of likely N-dealkylation sites (tertiary alicyclic amines) is 1. The number of carboxylic acid groups (broad SMARTS) is 1. The molecule has 47 heavy (non-hydrogen) atoms. The molecule has 4 N–H and O–H groups in total. The summed E-state index contributed by atoms with van der Waals surface area (Å²) in [4.78, 5) is 26.3. The number of piperidine rings is 1. The number of aliphatic hydroxyl groups is 1. The number of aliphatic carboxylic acids is 1. The number of Topliss-reactive ketones (excluding diaryl/α,β-unsaturated/α-hetero) is 1. The molecule has 1 unspecified atom stereocenters. The van der Waals surface area contributed by atoms with Crippen LogP contribution in [0.15, 0.2) is 66.9 Å². The number of carboxylic acids is 1. The maximum atomic E-state index is 14.9. The number of rotatable bonds is 12. The van der Waals surface area contributed by atoms with Crippen LogP contribution in [0.1, 0.15) is 46.3 Å². The summed E-state index contributed by atoms with van der Waals surface area (Å²) in [5.41, 5.74) is 5.16. The van der Waals surface area contributed by atoms with Crippen LogP contribution in [0.5, 0.6) is 11.5 Å². The van der Waals surface area contributed by atoms with Crippen molar-refractivity contribution in [3.05, 3.63) is 89.1 Å². The average Bonchev–Trinajstić information content (AvgIpc) is 3.40. The van der Waals surface area contributed by atoms with Crippen LogP contribution in [0.4, 0.5) is 18.9 Å². The van der Waals surface area contributed by atoms with Gasteiger partial charge in [-0.3, -0.25) is 14.5 Å². The molecule has 0 saturated carbocycles. The number of benzene rings is 3. The first-order valence-corrected chi connectivity index (χ1v) is 15.3. The number of carbonyl (C=O) groups is 2. The molecule has 1 aliphatic heterocycles. The van der Waals surface area contributed by atoms with E-state index >= 15 is 0 Å². The molecule has 3 aromatic carbocycles. The van der Waals surface area contributed by atoms with E-state index in [-0.39, 0.29) is 79.1 Å². The smallest absolute Gasteiger partial charge is 0.422 e. The molecular formula is C35H38F3N3O6. The van der Waals surface area contributed by atoms with E-state index in [2.05, 4.69) is 0 Å². The first-order chi connectivity index (χ1) is 22.3. The minimum atomic E-state index is -5.00. The second-order valence-electron chi connectivity index (χ2n) is 12.0. The number of halogens is 3. The lowest BCUT2D eigenvalue weighted by molar-refractivity contribution is -0.271. The van der Waals surface area contributed by atoms with Crippen LogP contribution in [0.2, 0.25) is 0 Å². The molecule has 1 aromatic heterocycles. The van der Waals surface area contributed by atoms with Crippen LogP contribution in [-0.4, -0.2) is 71.5 Å². The molecular weight excluding hydrogens is 615 g/mol. The summed E-state index contributed by atoms with van der Waals surface area (Å²) in [6, 6.07) is 17.2. The monoisotopic (exact) mass is 653 g/mol. The standard InChI is InChI=1S/C35H38F3N3O6/c1-46-29-16-23(8-11-31(42)43)17-30(47-2)32(29)33(44)24-12-14-40(15-13-24)21-34(45,35(36,37)38)27-20-41(19-22-6-4-3-5-7-22)28-18-25(39)9-10-26(27)28/h3-7,9-10,16-18,20,24,45H,8,11-15,19,21,39H2,1-2H3,(H,42,43). The van der Waals surface area contributed by atoms with Crippen LogP contribution >= 0.6 is 0 Å². The Hall–Kier alpha value is -4.55. The Balaban J connectivity index is 1.38. The molecule has 12 heteroatoms. The van der Waals surface area contributed by atoms with Crippen molar-refractivity contribution in [2.24, 2.45) is 5.92 Å². The third-order valence-electron chi connectivity index (χ3n) is 8.87. The Kier molecular flexibility index (Phi) is 9.83. The minimum Gasteiger partial charge on any atom is -0.496 e. The lowest BCUT2D eigenvalue weighted by atomic mass is 9.86. The highest BCUT2D eigenvalue weighted by Gasteiger charge is 2.57. The largest absolute Gasteiger partial charge is 0.496 e. The summed E-state index contributed by atoms with van der Waals surface area (Å²) in [6.07, 6.45) is -3.02. The van der Waals surface area contributed by atoms with E-state index in [4.69, 9.17) is 20.3 Å². The van der Waals surface area contributed by atoms with Crippen molar-refractivity contribution in [3.63, 3.8) is 0 Å². The zero-order valence-electron chi connectivity index (χ0n) is 26.2. The lowest BCUT2D eigenvalue weighted by Crippen LogP contribution is -2.52. The van der Waals surface area contributed by atoms with E-state index in [1.165, 1.54) is 32.5 Å². The molecule has 0 aliphatic carbocycles. The Morgan fingerprint density at radius 3 is 2.17 bits per heavy atom. The van der Waals surface area contributed by atoms with Gasteiger partial charge in [0.05, 0.1) is 19.7 Å². The van der Waals surface area contributed by atoms with Gasteiger partial charge in [-0.15, -0.1) is 0 Å². The number of ether oxygens (including phenoxy) is 2. The molecule has 0 spiro atoms. The number of anilines is 1. The maximum Gasteiger partial charge on any atom is 0.422 e. The number of nitrogens with zero attached hydrogens (tertiary/aromatic N) is 2. The van der Waals surface area contributed by atoms with E-state index in [0.717, 1.165) is 5.56 Å². The number of alkyl halides is 3. The van der Waals surface area contributed by atoms with E-state index in [1.54, 1.807) is 27.7 Å². The topological polar surface area (TPSA) is 127 Å². The summed E-state index contributed by atoms with van der Waals surface area (Å²) in [7, 11) is 2.80. The van der Waals surface area contributed by atoms with Gasteiger partial charge in [0.25, 0.3) is 0 Å². The van der Waals surface area contributed by atoms with Crippen molar-refractivity contribution in [1.29, 1.82) is 0 Å². The van der Waals surface area contributed by atoms with Crippen molar-refractivity contribution in [2.45, 2.75) is 44.0 Å². The number of nitrogen functional groups attached to an aromatic ring is 1. The molecule has 5 rings (SSSR count). The summed E-state index contributed by atoms with van der Waals surface area (Å²) in [6.45, 7) is -0.135. The summed E-state index contributed by atoms with van der Waals surface area (Å²) in [5, 5.41) is 20.9. The Bertz CT molecular complexity index is 1720. The number of hydrogen-bond acceptors (Lipinski definition) is 7. The van der Waals surface area contributed by atoms with Gasteiger partial charge in [0.15, 0.2) is 5.78 Å². The van der Waals surface area contributed by atoms with Crippen molar-refractivity contribution in [2.75, 3.05) is 39.6 Å². The maximum absolute atomic E-state index is 14.9. The van der Waals surface area contributed by atoms with Crippen molar-refractivity contribution in [3.8, 4) is 11.5 Å². The number of fused-ring (bicyclic) bond motifs is 1. The summed E-state index contributed by atoms with van der Waals surface area (Å²) < 4.78 is 57.3. The van der Waals surface area contributed by atoms with Gasteiger partial charge < -0.3 is 30.0 Å². The zero-order valence-corrected chi connectivity index (χ0v) is 26.2. The fourth-order valence-electron chi connectivity index (χ4n) is 6.36. The molecule has 4 aromatic rings. The fraction of sp³-hybridized carbons (Fsp3) is 0.371. The van der Waals surface area contributed by atoms with Gasteiger partial charge in [-0.25, -0.2) is 0 Å².